The van der Waals surface area contributed by atoms with Gasteiger partial charge in [0.1, 0.15) is 5.78 Å². The van der Waals surface area contributed by atoms with E-state index in [9.17, 15) is 4.79 Å². The predicted octanol–water partition coefficient (Wildman–Crippen LogP) is 4.18. The smallest absolute Gasteiger partial charge is 0.191 e. The summed E-state index contributed by atoms with van der Waals surface area (Å²) in [6, 6.07) is 0. The Kier molecular flexibility index (Phi) is 4.95. The standard InChI is InChI=1S/C15H28O2Si/c1-7-12-10-14(16)9-8-13(12)11-17-18(5,6)15(2,3)4/h7,12-13H,1,8-11H2,2-6H3. The molecule has 1 aliphatic carbocycles. The van der Waals surface area contributed by atoms with E-state index in [1.165, 1.54) is 0 Å². The molecule has 0 aliphatic heterocycles. The van der Waals surface area contributed by atoms with Crippen LogP contribution in [0.15, 0.2) is 12.7 Å². The number of allylic oxidation sites excluding steroid dienone is 1. The summed E-state index contributed by atoms with van der Waals surface area (Å²) in [6.07, 6.45) is 4.28. The van der Waals surface area contributed by atoms with Gasteiger partial charge in [-0.25, -0.2) is 0 Å². The second kappa shape index (κ2) is 5.70. The van der Waals surface area contributed by atoms with Crippen LogP contribution in [0, 0.1) is 11.8 Å². The first-order valence-corrected chi connectivity index (χ1v) is 9.86. The molecule has 0 amide bonds. The lowest BCUT2D eigenvalue weighted by Crippen LogP contribution is -2.43. The van der Waals surface area contributed by atoms with E-state index in [1.54, 1.807) is 0 Å². The van der Waals surface area contributed by atoms with E-state index in [0.29, 0.717) is 24.0 Å². The monoisotopic (exact) mass is 268 g/mol. The van der Waals surface area contributed by atoms with Crippen LogP contribution in [0.3, 0.4) is 0 Å². The molecule has 0 bridgehead atoms. The summed E-state index contributed by atoms with van der Waals surface area (Å²) >= 11 is 0. The van der Waals surface area contributed by atoms with Crippen LogP contribution in [0.1, 0.15) is 40.0 Å². The highest BCUT2D eigenvalue weighted by molar-refractivity contribution is 6.74. The summed E-state index contributed by atoms with van der Waals surface area (Å²) in [6.45, 7) is 16.0. The average Bonchev–Trinajstić information content (AvgIpc) is 2.25. The van der Waals surface area contributed by atoms with Crippen LogP contribution in [0.2, 0.25) is 18.1 Å². The molecule has 0 radical (unpaired) electrons. The minimum Gasteiger partial charge on any atom is -0.417 e. The summed E-state index contributed by atoms with van der Waals surface area (Å²) in [5, 5.41) is 0.251. The normalized spacial score (nSPS) is 26.2. The van der Waals surface area contributed by atoms with Crippen LogP contribution >= 0.6 is 0 Å². The number of Topliss-reactive ketones (excluding diaryl/α,β-unsaturated/α-hetero) is 1. The van der Waals surface area contributed by atoms with Gasteiger partial charge in [0.05, 0.1) is 0 Å². The molecule has 2 nitrogen and oxygen atoms in total. The van der Waals surface area contributed by atoms with Gasteiger partial charge < -0.3 is 4.43 Å². The first kappa shape index (κ1) is 15.6. The first-order chi connectivity index (χ1) is 8.17. The number of carbonyl (C=O) groups is 1. The molecule has 3 heteroatoms. The van der Waals surface area contributed by atoms with Crippen LogP contribution in [0.5, 0.6) is 0 Å². The van der Waals surface area contributed by atoms with Gasteiger partial charge in [0.25, 0.3) is 0 Å². The fourth-order valence-corrected chi connectivity index (χ4v) is 3.17. The maximum Gasteiger partial charge on any atom is 0.191 e. The molecule has 0 saturated heterocycles. The Morgan fingerprint density at radius 2 is 2.06 bits per heavy atom. The van der Waals surface area contributed by atoms with Gasteiger partial charge in [0.2, 0.25) is 0 Å². The molecule has 0 aromatic heterocycles. The van der Waals surface area contributed by atoms with Gasteiger partial charge in [0.15, 0.2) is 8.32 Å². The summed E-state index contributed by atoms with van der Waals surface area (Å²) < 4.78 is 6.28. The van der Waals surface area contributed by atoms with Crippen molar-refractivity contribution in [2.45, 2.75) is 58.2 Å². The van der Waals surface area contributed by atoms with Crippen LogP contribution in [0.4, 0.5) is 0 Å². The van der Waals surface area contributed by atoms with Crippen molar-refractivity contribution in [3.05, 3.63) is 12.7 Å². The Bertz CT molecular complexity index is 315. The van der Waals surface area contributed by atoms with Crippen molar-refractivity contribution in [2.24, 2.45) is 11.8 Å². The quantitative estimate of drug-likeness (QED) is 0.565. The maximum absolute atomic E-state index is 11.5. The SMILES string of the molecule is C=CC1CC(=O)CCC1CO[Si](C)(C)C(C)(C)C. The predicted molar refractivity (Wildman–Crippen MR) is 79.2 cm³/mol. The van der Waals surface area contributed by atoms with Crippen molar-refractivity contribution in [3.8, 4) is 0 Å². The summed E-state index contributed by atoms with van der Waals surface area (Å²) in [5.74, 6) is 1.17. The minimum absolute atomic E-state index is 0.251. The number of rotatable bonds is 4. The molecule has 0 heterocycles. The van der Waals surface area contributed by atoms with Gasteiger partial charge in [-0.3, -0.25) is 4.79 Å². The van der Waals surface area contributed by atoms with E-state index in [-0.39, 0.29) is 5.04 Å². The molecule has 18 heavy (non-hydrogen) atoms. The molecule has 0 N–H and O–H groups in total. The lowest BCUT2D eigenvalue weighted by molar-refractivity contribution is -0.122. The molecule has 1 fully saturated rings. The molecular formula is C15H28O2Si. The van der Waals surface area contributed by atoms with Gasteiger partial charge in [0, 0.05) is 19.4 Å². The van der Waals surface area contributed by atoms with Crippen LogP contribution in [-0.2, 0) is 9.22 Å². The van der Waals surface area contributed by atoms with Crippen molar-refractivity contribution in [1.29, 1.82) is 0 Å². The van der Waals surface area contributed by atoms with E-state index in [0.717, 1.165) is 19.4 Å². The molecule has 2 atom stereocenters. The molecule has 1 aliphatic rings. The van der Waals surface area contributed by atoms with E-state index in [1.807, 2.05) is 6.08 Å². The Morgan fingerprint density at radius 1 is 1.44 bits per heavy atom. The third-order valence-corrected chi connectivity index (χ3v) is 9.13. The highest BCUT2D eigenvalue weighted by Gasteiger charge is 2.38. The van der Waals surface area contributed by atoms with Crippen molar-refractivity contribution >= 4 is 14.1 Å². The van der Waals surface area contributed by atoms with E-state index >= 15 is 0 Å². The van der Waals surface area contributed by atoms with Crippen LogP contribution in [0.25, 0.3) is 0 Å². The zero-order chi connectivity index (χ0) is 14.0. The number of hydrogen-bond donors (Lipinski definition) is 0. The number of carbonyl (C=O) groups excluding carboxylic acids is 1. The topological polar surface area (TPSA) is 26.3 Å². The Balaban J connectivity index is 2.57. The van der Waals surface area contributed by atoms with Crippen LogP contribution in [-0.4, -0.2) is 20.7 Å². The van der Waals surface area contributed by atoms with Crippen molar-refractivity contribution in [3.63, 3.8) is 0 Å². The van der Waals surface area contributed by atoms with Gasteiger partial charge in [-0.05, 0) is 36.4 Å². The molecule has 0 aromatic rings. The fraction of sp³-hybridized carbons (Fsp3) is 0.800. The lowest BCUT2D eigenvalue weighted by Gasteiger charge is -2.39. The maximum atomic E-state index is 11.5. The Morgan fingerprint density at radius 3 is 2.56 bits per heavy atom. The third kappa shape index (κ3) is 3.79. The summed E-state index contributed by atoms with van der Waals surface area (Å²) in [5.41, 5.74) is 0. The first-order valence-electron chi connectivity index (χ1n) is 6.95. The van der Waals surface area contributed by atoms with E-state index < -0.39 is 8.32 Å². The van der Waals surface area contributed by atoms with Gasteiger partial charge in [-0.15, -0.1) is 6.58 Å². The average molecular weight is 268 g/mol. The Hall–Kier alpha value is -0.413. The zero-order valence-corrected chi connectivity index (χ0v) is 13.6. The summed E-state index contributed by atoms with van der Waals surface area (Å²) in [7, 11) is -1.67. The van der Waals surface area contributed by atoms with Gasteiger partial charge in [-0.2, -0.15) is 0 Å². The van der Waals surface area contributed by atoms with Crippen molar-refractivity contribution in [2.75, 3.05) is 6.61 Å². The fourth-order valence-electron chi connectivity index (χ4n) is 2.11. The molecule has 1 saturated carbocycles. The molecule has 104 valence electrons. The molecule has 0 spiro atoms. The molecule has 0 aromatic carbocycles. The lowest BCUT2D eigenvalue weighted by atomic mass is 9.79. The van der Waals surface area contributed by atoms with E-state index in [2.05, 4.69) is 40.4 Å². The summed E-state index contributed by atoms with van der Waals surface area (Å²) in [4.78, 5) is 11.5. The largest absolute Gasteiger partial charge is 0.417 e. The number of hydrogen-bond acceptors (Lipinski definition) is 2. The van der Waals surface area contributed by atoms with Crippen molar-refractivity contribution in [1.82, 2.24) is 0 Å². The minimum atomic E-state index is -1.67. The molecular weight excluding hydrogens is 240 g/mol. The second-order valence-corrected chi connectivity index (χ2v) is 11.8. The van der Waals surface area contributed by atoms with Gasteiger partial charge >= 0.3 is 0 Å². The Labute approximate surface area is 113 Å². The van der Waals surface area contributed by atoms with E-state index in [4.69, 9.17) is 4.43 Å². The van der Waals surface area contributed by atoms with Crippen molar-refractivity contribution < 1.29 is 9.22 Å². The second-order valence-electron chi connectivity index (χ2n) is 7.01. The third-order valence-electron chi connectivity index (χ3n) is 4.63. The van der Waals surface area contributed by atoms with Crippen LogP contribution < -0.4 is 0 Å². The highest BCUT2D eigenvalue weighted by atomic mass is 28.4. The highest BCUT2D eigenvalue weighted by Crippen LogP contribution is 2.38. The van der Waals surface area contributed by atoms with Gasteiger partial charge in [-0.1, -0.05) is 26.8 Å². The molecule has 1 rings (SSSR count). The number of ketones is 1. The zero-order valence-electron chi connectivity index (χ0n) is 12.6. The molecule has 2 unspecified atom stereocenters.